The zero-order valence-electron chi connectivity index (χ0n) is 21.1. The van der Waals surface area contributed by atoms with Crippen LogP contribution in [0.25, 0.3) is 22.3 Å². The fourth-order valence-electron chi connectivity index (χ4n) is 4.53. The lowest BCUT2D eigenvalue weighted by molar-refractivity contribution is -0.199. The second-order valence-corrected chi connectivity index (χ2v) is 16.1. The Balaban J connectivity index is 1.47. The van der Waals surface area contributed by atoms with Gasteiger partial charge < -0.3 is 23.2 Å². The lowest BCUT2D eigenvalue weighted by Crippen LogP contribution is -2.44. The first-order valence-electron chi connectivity index (χ1n) is 12.0. The zero-order chi connectivity index (χ0) is 24.3. The molecule has 182 valence electrons. The van der Waals surface area contributed by atoms with Crippen LogP contribution in [0.15, 0.2) is 48.9 Å². The van der Waals surface area contributed by atoms with Crippen LogP contribution in [0.3, 0.4) is 0 Å². The minimum atomic E-state index is -1.93. The summed E-state index contributed by atoms with van der Waals surface area (Å²) in [5.41, 5.74) is 2.78. The Labute approximate surface area is 202 Å². The summed E-state index contributed by atoms with van der Waals surface area (Å²) in [6.45, 7) is 15.6. The van der Waals surface area contributed by atoms with E-state index < -0.39 is 14.1 Å². The average Bonchev–Trinajstić information content (AvgIpc) is 3.42. The minimum absolute atomic E-state index is 0.123. The van der Waals surface area contributed by atoms with E-state index in [1.165, 1.54) is 0 Å². The molecule has 0 aliphatic carbocycles. The van der Waals surface area contributed by atoms with E-state index in [1.54, 1.807) is 6.33 Å². The number of hydrogen-bond acceptors (Lipinski definition) is 6. The van der Waals surface area contributed by atoms with E-state index in [0.717, 1.165) is 22.3 Å². The normalized spacial score (nSPS) is 26.8. The Morgan fingerprint density at radius 3 is 2.44 bits per heavy atom. The first-order valence-corrected chi connectivity index (χ1v) is 14.9. The molecule has 1 aromatic carbocycles. The highest BCUT2D eigenvalue weighted by Crippen LogP contribution is 2.45. The summed E-state index contributed by atoms with van der Waals surface area (Å²) in [5.74, 6) is -0.681. The molecular weight excluding hydrogens is 446 g/mol. The minimum Gasteiger partial charge on any atom is -0.414 e. The Morgan fingerprint density at radius 1 is 1.03 bits per heavy atom. The topological polar surface area (TPSA) is 67.6 Å². The average molecular weight is 482 g/mol. The lowest BCUT2D eigenvalue weighted by Gasteiger charge is -2.37. The summed E-state index contributed by atoms with van der Waals surface area (Å²) in [6.07, 6.45) is 2.57. The second kappa shape index (κ2) is 8.24. The molecule has 2 aliphatic rings. The van der Waals surface area contributed by atoms with Gasteiger partial charge in [-0.2, -0.15) is 0 Å². The molecule has 0 spiro atoms. The van der Waals surface area contributed by atoms with Crippen molar-refractivity contribution in [1.29, 1.82) is 0 Å². The predicted molar refractivity (Wildman–Crippen MR) is 134 cm³/mol. The van der Waals surface area contributed by atoms with E-state index in [2.05, 4.69) is 66.6 Å². The van der Waals surface area contributed by atoms with Crippen LogP contribution in [0.2, 0.25) is 18.1 Å². The third kappa shape index (κ3) is 4.11. The van der Waals surface area contributed by atoms with Crippen LogP contribution in [0.5, 0.6) is 0 Å². The van der Waals surface area contributed by atoms with E-state index in [1.807, 2.05) is 38.2 Å². The van der Waals surface area contributed by atoms with Crippen LogP contribution in [-0.2, 0) is 18.6 Å². The lowest BCUT2D eigenvalue weighted by atomic mass is 10.1. The quantitative estimate of drug-likeness (QED) is 0.446. The van der Waals surface area contributed by atoms with Gasteiger partial charge in [-0.25, -0.2) is 9.97 Å². The molecule has 34 heavy (non-hydrogen) atoms. The van der Waals surface area contributed by atoms with Crippen molar-refractivity contribution in [2.45, 2.75) is 83.1 Å². The van der Waals surface area contributed by atoms with Crippen molar-refractivity contribution >= 4 is 19.4 Å². The zero-order valence-corrected chi connectivity index (χ0v) is 22.1. The van der Waals surface area contributed by atoms with Crippen molar-refractivity contribution in [3.8, 4) is 11.3 Å². The predicted octanol–water partition coefficient (Wildman–Crippen LogP) is 5.54. The molecule has 8 heteroatoms. The summed E-state index contributed by atoms with van der Waals surface area (Å²) in [4.78, 5) is 9.18. The summed E-state index contributed by atoms with van der Waals surface area (Å²) in [7, 11) is -1.93. The molecule has 5 rings (SSSR count). The molecule has 2 aliphatic heterocycles. The van der Waals surface area contributed by atoms with Crippen LogP contribution in [0.1, 0.15) is 40.8 Å². The van der Waals surface area contributed by atoms with Crippen LogP contribution in [-0.4, -0.2) is 53.6 Å². The van der Waals surface area contributed by atoms with Gasteiger partial charge in [-0.3, -0.25) is 0 Å². The number of benzene rings is 1. The highest BCUT2D eigenvalue weighted by molar-refractivity contribution is 6.74. The molecule has 3 aromatic rings. The van der Waals surface area contributed by atoms with Crippen molar-refractivity contribution in [1.82, 2.24) is 14.5 Å². The van der Waals surface area contributed by atoms with E-state index in [9.17, 15) is 0 Å². The highest BCUT2D eigenvalue weighted by atomic mass is 28.4. The standard InChI is InChI=1S/C26H35N3O4Si/c1-25(2,3)34(6,7)30-15-19-21-22(33-26(4,5)32-21)24(31-19)29-14-13-18-20(27-16-28-23(18)29)17-11-9-8-10-12-17/h8-14,16,19,21-22,24H,15H2,1-7H3/t19-,21-,22-,24-/m1/s1. The maximum Gasteiger partial charge on any atom is 0.192 e. The third-order valence-corrected chi connectivity index (χ3v) is 11.9. The molecule has 2 saturated heterocycles. The molecular formula is C26H35N3O4Si. The Morgan fingerprint density at radius 2 is 1.74 bits per heavy atom. The van der Waals surface area contributed by atoms with E-state index in [4.69, 9.17) is 18.6 Å². The van der Waals surface area contributed by atoms with Gasteiger partial charge in [0.05, 0.1) is 12.3 Å². The first kappa shape index (κ1) is 23.6. The van der Waals surface area contributed by atoms with Crippen molar-refractivity contribution < 1.29 is 18.6 Å². The van der Waals surface area contributed by atoms with Gasteiger partial charge in [-0.15, -0.1) is 0 Å². The second-order valence-electron chi connectivity index (χ2n) is 11.2. The van der Waals surface area contributed by atoms with Gasteiger partial charge in [0, 0.05) is 17.1 Å². The molecule has 2 aromatic heterocycles. The van der Waals surface area contributed by atoms with Gasteiger partial charge in [0.25, 0.3) is 0 Å². The molecule has 4 atom stereocenters. The van der Waals surface area contributed by atoms with Gasteiger partial charge in [0.1, 0.15) is 30.3 Å². The molecule has 0 bridgehead atoms. The van der Waals surface area contributed by atoms with Crippen LogP contribution >= 0.6 is 0 Å². The van der Waals surface area contributed by atoms with Gasteiger partial charge in [0.2, 0.25) is 0 Å². The number of nitrogens with zero attached hydrogens (tertiary/aromatic N) is 3. The molecule has 4 heterocycles. The summed E-state index contributed by atoms with van der Waals surface area (Å²) in [6, 6.07) is 12.2. The summed E-state index contributed by atoms with van der Waals surface area (Å²) < 4.78 is 27.8. The number of hydrogen-bond donors (Lipinski definition) is 0. The van der Waals surface area contributed by atoms with Crippen molar-refractivity contribution in [2.24, 2.45) is 0 Å². The first-order chi connectivity index (χ1) is 16.0. The van der Waals surface area contributed by atoms with Crippen molar-refractivity contribution in [3.63, 3.8) is 0 Å². The van der Waals surface area contributed by atoms with Gasteiger partial charge in [0.15, 0.2) is 20.3 Å². The van der Waals surface area contributed by atoms with Gasteiger partial charge in [-0.05, 0) is 38.0 Å². The Kier molecular flexibility index (Phi) is 5.73. The number of fused-ring (bicyclic) bond motifs is 2. The maximum absolute atomic E-state index is 6.58. The summed E-state index contributed by atoms with van der Waals surface area (Å²) >= 11 is 0. The van der Waals surface area contributed by atoms with Crippen molar-refractivity contribution in [3.05, 3.63) is 48.9 Å². The highest BCUT2D eigenvalue weighted by Gasteiger charge is 2.56. The van der Waals surface area contributed by atoms with Crippen LogP contribution < -0.4 is 0 Å². The smallest absolute Gasteiger partial charge is 0.192 e. The molecule has 0 radical (unpaired) electrons. The van der Waals surface area contributed by atoms with Crippen LogP contribution in [0, 0.1) is 0 Å². The monoisotopic (exact) mass is 481 g/mol. The third-order valence-electron chi connectivity index (χ3n) is 7.37. The molecule has 0 saturated carbocycles. The fraction of sp³-hybridized carbons (Fsp3) is 0.538. The largest absolute Gasteiger partial charge is 0.414 e. The Hall–Kier alpha value is -2.10. The van der Waals surface area contributed by atoms with Crippen molar-refractivity contribution in [2.75, 3.05) is 6.61 Å². The van der Waals surface area contributed by atoms with E-state index in [0.29, 0.717) is 6.61 Å². The van der Waals surface area contributed by atoms with Gasteiger partial charge >= 0.3 is 0 Å². The molecule has 0 amide bonds. The molecule has 0 unspecified atom stereocenters. The number of rotatable bonds is 5. The molecule has 0 N–H and O–H groups in total. The number of aromatic nitrogens is 3. The maximum atomic E-state index is 6.58. The molecule has 7 nitrogen and oxygen atoms in total. The summed E-state index contributed by atoms with van der Waals surface area (Å²) in [5, 5.41) is 1.10. The molecule has 2 fully saturated rings. The van der Waals surface area contributed by atoms with E-state index >= 15 is 0 Å². The van der Waals surface area contributed by atoms with Gasteiger partial charge in [-0.1, -0.05) is 51.1 Å². The Bertz CT molecular complexity index is 1170. The SMILES string of the molecule is CC1(C)O[C@@H]2[C@H](O1)[C@@H](CO[Si](C)(C)C(C)(C)C)O[C@H]2n1ccc2c(-c3ccccc3)ncnc21. The fourth-order valence-corrected chi connectivity index (χ4v) is 5.54. The van der Waals surface area contributed by atoms with E-state index in [-0.39, 0.29) is 29.6 Å². The van der Waals surface area contributed by atoms with Crippen LogP contribution in [0.4, 0.5) is 0 Å². The number of ether oxygens (including phenoxy) is 3.